The summed E-state index contributed by atoms with van der Waals surface area (Å²) < 4.78 is 31.5. The molecule has 0 aromatic rings. The minimum atomic E-state index is -4.03. The molecule has 176 valence electrons. The molecule has 0 heterocycles. The summed E-state index contributed by atoms with van der Waals surface area (Å²) in [6, 6.07) is 0. The van der Waals surface area contributed by atoms with E-state index in [1.165, 1.54) is 96.3 Å². The molecule has 29 heavy (non-hydrogen) atoms. The first-order valence-electron chi connectivity index (χ1n) is 12.6. The van der Waals surface area contributed by atoms with Crippen LogP contribution in [0.1, 0.15) is 142 Å². The largest absolute Gasteiger partial charge is 0.393 e. The molecule has 0 aliphatic rings. The van der Waals surface area contributed by atoms with E-state index in [0.29, 0.717) is 12.8 Å². The fourth-order valence-electron chi connectivity index (χ4n) is 4.03. The third-order valence-corrected chi connectivity index (χ3v) is 7.42. The van der Waals surface area contributed by atoms with Crippen molar-refractivity contribution in [2.24, 2.45) is 0 Å². The molecule has 0 fully saturated rings. The fourth-order valence-corrected chi connectivity index (χ4v) is 4.91. The molecule has 2 N–H and O–H groups in total. The van der Waals surface area contributed by atoms with E-state index < -0.39 is 21.5 Å². The molecular formula is C24H50O4S. The molecule has 0 rings (SSSR count). The number of aliphatic hydroxyl groups excluding tert-OH is 1. The highest BCUT2D eigenvalue weighted by Crippen LogP contribution is 2.17. The topological polar surface area (TPSA) is 74.6 Å². The Morgan fingerprint density at radius 3 is 1.28 bits per heavy atom. The molecule has 0 saturated heterocycles. The first kappa shape index (κ1) is 28.9. The predicted octanol–water partition coefficient (Wildman–Crippen LogP) is 7.45. The highest BCUT2D eigenvalue weighted by molar-refractivity contribution is 7.86. The van der Waals surface area contributed by atoms with Crippen molar-refractivity contribution in [2.45, 2.75) is 154 Å². The Bertz CT molecular complexity index is 436. The van der Waals surface area contributed by atoms with Crippen molar-refractivity contribution < 1.29 is 18.1 Å². The average Bonchev–Trinajstić information content (AvgIpc) is 2.67. The van der Waals surface area contributed by atoms with Gasteiger partial charge in [0, 0.05) is 0 Å². The SMILES string of the molecule is CCCCCCCCCCCCCCCCCCCC(O)CC(CC)S(=O)(=O)O. The van der Waals surface area contributed by atoms with E-state index in [0.717, 1.165) is 12.8 Å². The molecule has 0 aliphatic heterocycles. The Morgan fingerprint density at radius 1 is 0.621 bits per heavy atom. The minimum Gasteiger partial charge on any atom is -0.393 e. The molecule has 0 radical (unpaired) electrons. The number of rotatable bonds is 22. The fraction of sp³-hybridized carbons (Fsp3) is 1.00. The number of aliphatic hydroxyl groups is 1. The molecule has 0 aromatic carbocycles. The lowest BCUT2D eigenvalue weighted by Gasteiger charge is -2.16. The van der Waals surface area contributed by atoms with Crippen LogP contribution in [-0.4, -0.2) is 29.4 Å². The van der Waals surface area contributed by atoms with E-state index in [2.05, 4.69) is 6.92 Å². The maximum absolute atomic E-state index is 11.2. The zero-order valence-corrected chi connectivity index (χ0v) is 20.2. The quantitative estimate of drug-likeness (QED) is 0.137. The van der Waals surface area contributed by atoms with Crippen LogP contribution in [0.4, 0.5) is 0 Å². The van der Waals surface area contributed by atoms with E-state index in [-0.39, 0.29) is 6.42 Å². The Labute approximate surface area is 182 Å². The second kappa shape index (κ2) is 19.8. The van der Waals surface area contributed by atoms with Gasteiger partial charge in [0.2, 0.25) is 0 Å². The molecule has 0 spiro atoms. The summed E-state index contributed by atoms with van der Waals surface area (Å²) in [6.07, 6.45) is 23.0. The van der Waals surface area contributed by atoms with Crippen molar-refractivity contribution in [1.82, 2.24) is 0 Å². The van der Waals surface area contributed by atoms with Crippen LogP contribution in [0.15, 0.2) is 0 Å². The lowest BCUT2D eigenvalue weighted by Crippen LogP contribution is -2.25. The van der Waals surface area contributed by atoms with Gasteiger partial charge in [0.1, 0.15) is 0 Å². The zero-order valence-electron chi connectivity index (χ0n) is 19.4. The lowest BCUT2D eigenvalue weighted by atomic mass is 10.0. The molecule has 2 unspecified atom stereocenters. The van der Waals surface area contributed by atoms with Gasteiger partial charge in [-0.1, -0.05) is 123 Å². The Hall–Kier alpha value is -0.130. The summed E-state index contributed by atoms with van der Waals surface area (Å²) in [6.45, 7) is 3.99. The van der Waals surface area contributed by atoms with Crippen LogP contribution in [0.25, 0.3) is 0 Å². The summed E-state index contributed by atoms with van der Waals surface area (Å²) in [5, 5.41) is 9.13. The first-order valence-corrected chi connectivity index (χ1v) is 14.1. The van der Waals surface area contributed by atoms with Crippen LogP contribution < -0.4 is 0 Å². The van der Waals surface area contributed by atoms with E-state index in [4.69, 9.17) is 4.55 Å². The van der Waals surface area contributed by atoms with Crippen LogP contribution in [0.2, 0.25) is 0 Å². The van der Waals surface area contributed by atoms with Gasteiger partial charge in [-0.05, 0) is 19.3 Å². The van der Waals surface area contributed by atoms with Crippen LogP contribution in [0.5, 0.6) is 0 Å². The summed E-state index contributed by atoms with van der Waals surface area (Å²) in [7, 11) is -4.03. The summed E-state index contributed by atoms with van der Waals surface area (Å²) in [5.41, 5.74) is 0. The number of hydrogen-bond donors (Lipinski definition) is 2. The monoisotopic (exact) mass is 434 g/mol. The Kier molecular flexibility index (Phi) is 19.7. The normalized spacial score (nSPS) is 14.2. The Morgan fingerprint density at radius 2 is 0.966 bits per heavy atom. The summed E-state index contributed by atoms with van der Waals surface area (Å²) >= 11 is 0. The van der Waals surface area contributed by atoms with Crippen LogP contribution in [0, 0.1) is 0 Å². The third-order valence-electron chi connectivity index (χ3n) is 6.05. The van der Waals surface area contributed by atoms with Gasteiger partial charge in [-0.3, -0.25) is 4.55 Å². The maximum Gasteiger partial charge on any atom is 0.267 e. The van der Waals surface area contributed by atoms with Crippen molar-refractivity contribution in [3.63, 3.8) is 0 Å². The van der Waals surface area contributed by atoms with Crippen LogP contribution >= 0.6 is 0 Å². The van der Waals surface area contributed by atoms with E-state index in [1.54, 1.807) is 6.92 Å². The number of unbranched alkanes of at least 4 members (excludes halogenated alkanes) is 16. The summed E-state index contributed by atoms with van der Waals surface area (Å²) in [4.78, 5) is 0. The van der Waals surface area contributed by atoms with Gasteiger partial charge in [0.25, 0.3) is 10.1 Å². The van der Waals surface area contributed by atoms with Crippen LogP contribution in [0.3, 0.4) is 0 Å². The average molecular weight is 435 g/mol. The van der Waals surface area contributed by atoms with Crippen molar-refractivity contribution in [3.8, 4) is 0 Å². The predicted molar refractivity (Wildman–Crippen MR) is 125 cm³/mol. The van der Waals surface area contributed by atoms with E-state index in [1.807, 2.05) is 0 Å². The molecule has 0 saturated carbocycles. The zero-order chi connectivity index (χ0) is 21.8. The van der Waals surface area contributed by atoms with Crippen LogP contribution in [-0.2, 0) is 10.1 Å². The molecule has 0 aromatic heterocycles. The van der Waals surface area contributed by atoms with Gasteiger partial charge in [0.15, 0.2) is 0 Å². The molecule has 4 nitrogen and oxygen atoms in total. The summed E-state index contributed by atoms with van der Waals surface area (Å²) in [5.74, 6) is 0. The van der Waals surface area contributed by atoms with Gasteiger partial charge in [-0.2, -0.15) is 8.42 Å². The van der Waals surface area contributed by atoms with Gasteiger partial charge >= 0.3 is 0 Å². The van der Waals surface area contributed by atoms with Gasteiger partial charge in [-0.15, -0.1) is 0 Å². The van der Waals surface area contributed by atoms with Crippen molar-refractivity contribution in [3.05, 3.63) is 0 Å². The highest BCUT2D eigenvalue weighted by atomic mass is 32.2. The minimum absolute atomic E-state index is 0.147. The smallest absolute Gasteiger partial charge is 0.267 e. The molecule has 0 aliphatic carbocycles. The van der Waals surface area contributed by atoms with Gasteiger partial charge in [-0.25, -0.2) is 0 Å². The third kappa shape index (κ3) is 19.6. The molecule has 5 heteroatoms. The Balaban J connectivity index is 3.31. The van der Waals surface area contributed by atoms with Gasteiger partial charge in [0.05, 0.1) is 11.4 Å². The molecule has 0 amide bonds. The van der Waals surface area contributed by atoms with Gasteiger partial charge < -0.3 is 5.11 Å². The maximum atomic E-state index is 11.2. The molecular weight excluding hydrogens is 384 g/mol. The highest BCUT2D eigenvalue weighted by Gasteiger charge is 2.23. The van der Waals surface area contributed by atoms with E-state index in [9.17, 15) is 13.5 Å². The molecule has 2 atom stereocenters. The van der Waals surface area contributed by atoms with Crippen molar-refractivity contribution in [1.29, 1.82) is 0 Å². The lowest BCUT2D eigenvalue weighted by molar-refractivity contribution is 0.147. The van der Waals surface area contributed by atoms with Crippen molar-refractivity contribution in [2.75, 3.05) is 0 Å². The molecule has 0 bridgehead atoms. The number of hydrogen-bond acceptors (Lipinski definition) is 3. The van der Waals surface area contributed by atoms with E-state index >= 15 is 0 Å². The van der Waals surface area contributed by atoms with Crippen molar-refractivity contribution >= 4 is 10.1 Å². The second-order valence-corrected chi connectivity index (χ2v) is 10.6. The second-order valence-electron chi connectivity index (χ2n) is 8.88. The first-order chi connectivity index (χ1) is 13.9. The standard InChI is InChI=1S/C24H50O4S/c1-3-5-6-7-8-9-10-11-12-13-14-15-16-17-18-19-20-21-23(25)22-24(4-2)29(26,27)28/h23-25H,3-22H2,1-2H3,(H,26,27,28).